The highest BCUT2D eigenvalue weighted by atomic mass is 16.5. The molecule has 0 radical (unpaired) electrons. The predicted octanol–water partition coefficient (Wildman–Crippen LogP) is 4.39. The minimum absolute atomic E-state index is 0.0241. The third kappa shape index (κ3) is 5.63. The number of phenols is 1. The van der Waals surface area contributed by atoms with Gasteiger partial charge >= 0.3 is 5.97 Å². The Morgan fingerprint density at radius 2 is 1.87 bits per heavy atom. The number of carbonyl (C=O) groups is 1. The lowest BCUT2D eigenvalue weighted by atomic mass is 9.79. The fourth-order valence-corrected chi connectivity index (χ4v) is 2.53. The van der Waals surface area contributed by atoms with Gasteiger partial charge < -0.3 is 9.84 Å². The van der Waals surface area contributed by atoms with Crippen LogP contribution in [0.1, 0.15) is 65.0 Å². The summed E-state index contributed by atoms with van der Waals surface area (Å²) in [6.45, 7) is 12.3. The van der Waals surface area contributed by atoms with Crippen LogP contribution in [-0.4, -0.2) is 17.7 Å². The zero-order valence-electron chi connectivity index (χ0n) is 15.1. The van der Waals surface area contributed by atoms with Crippen molar-refractivity contribution in [3.05, 3.63) is 29.3 Å². The van der Waals surface area contributed by atoms with Gasteiger partial charge in [-0.2, -0.15) is 0 Å². The van der Waals surface area contributed by atoms with Gasteiger partial charge in [-0.25, -0.2) is 0 Å². The molecule has 3 heteroatoms. The quantitative estimate of drug-likeness (QED) is 0.662. The Kier molecular flexibility index (Phi) is 5.88. The number of benzene rings is 1. The van der Waals surface area contributed by atoms with E-state index < -0.39 is 5.92 Å². The third-order valence-corrected chi connectivity index (χ3v) is 3.63. The van der Waals surface area contributed by atoms with Crippen molar-refractivity contribution in [2.75, 3.05) is 6.61 Å². The van der Waals surface area contributed by atoms with Crippen molar-refractivity contribution in [3.8, 4) is 18.1 Å². The first kappa shape index (κ1) is 19.1. The number of hydrogen-bond acceptors (Lipinski definition) is 3. The van der Waals surface area contributed by atoms with E-state index in [1.54, 1.807) is 12.1 Å². The molecule has 0 saturated heterocycles. The second kappa shape index (κ2) is 7.08. The first-order valence-electron chi connectivity index (χ1n) is 7.89. The van der Waals surface area contributed by atoms with Crippen LogP contribution in [-0.2, 0) is 14.9 Å². The van der Waals surface area contributed by atoms with Gasteiger partial charge in [0.1, 0.15) is 5.75 Å². The maximum atomic E-state index is 12.4. The standard InChI is InChI=1S/C20H28O3/c1-8-11-23-18(22)15(13-19(2,3)4)14-9-10-17(21)16(12-14)20(5,6)7/h1,9-10,12,15,21H,11,13H2,2-7H3. The Bertz CT molecular complexity index is 595. The summed E-state index contributed by atoms with van der Waals surface area (Å²) in [5, 5.41) is 10.1. The molecule has 1 unspecified atom stereocenters. The van der Waals surface area contributed by atoms with Gasteiger partial charge in [0.05, 0.1) is 5.92 Å². The summed E-state index contributed by atoms with van der Waals surface area (Å²) in [7, 11) is 0. The topological polar surface area (TPSA) is 46.5 Å². The molecule has 0 aliphatic heterocycles. The first-order valence-corrected chi connectivity index (χ1v) is 7.89. The van der Waals surface area contributed by atoms with E-state index in [1.165, 1.54) is 0 Å². The van der Waals surface area contributed by atoms with Gasteiger partial charge in [-0.05, 0) is 34.4 Å². The van der Waals surface area contributed by atoms with Gasteiger partial charge in [0.15, 0.2) is 6.61 Å². The molecule has 1 aromatic rings. The zero-order chi connectivity index (χ0) is 17.8. The number of terminal acetylenes is 1. The van der Waals surface area contributed by atoms with E-state index in [0.29, 0.717) is 6.42 Å². The Morgan fingerprint density at radius 3 is 2.35 bits per heavy atom. The Hall–Kier alpha value is -1.95. The molecular weight excluding hydrogens is 288 g/mol. The second-order valence-electron chi connectivity index (χ2n) is 8.16. The number of hydrogen-bond donors (Lipinski definition) is 1. The largest absolute Gasteiger partial charge is 0.508 e. The van der Waals surface area contributed by atoms with Gasteiger partial charge in [-0.15, -0.1) is 6.42 Å². The van der Waals surface area contributed by atoms with Crippen molar-refractivity contribution in [3.63, 3.8) is 0 Å². The molecule has 0 bridgehead atoms. The summed E-state index contributed by atoms with van der Waals surface area (Å²) < 4.78 is 5.17. The minimum Gasteiger partial charge on any atom is -0.508 e. The second-order valence-corrected chi connectivity index (χ2v) is 8.16. The van der Waals surface area contributed by atoms with E-state index in [4.69, 9.17) is 11.2 Å². The van der Waals surface area contributed by atoms with Crippen LogP contribution < -0.4 is 0 Å². The number of ether oxygens (including phenoxy) is 1. The lowest BCUT2D eigenvalue weighted by molar-refractivity contribution is -0.144. The molecule has 3 nitrogen and oxygen atoms in total. The molecule has 1 atom stereocenters. The van der Waals surface area contributed by atoms with Gasteiger partial charge in [0, 0.05) is 0 Å². The smallest absolute Gasteiger partial charge is 0.314 e. The molecule has 0 amide bonds. The van der Waals surface area contributed by atoms with E-state index in [9.17, 15) is 9.90 Å². The molecule has 1 aromatic carbocycles. The highest BCUT2D eigenvalue weighted by molar-refractivity contribution is 5.78. The fraction of sp³-hybridized carbons (Fsp3) is 0.550. The molecule has 0 aromatic heterocycles. The molecule has 0 spiro atoms. The van der Waals surface area contributed by atoms with Crippen LogP contribution in [0.2, 0.25) is 0 Å². The molecule has 0 fully saturated rings. The van der Waals surface area contributed by atoms with Gasteiger partial charge in [-0.3, -0.25) is 4.79 Å². The number of esters is 1. The molecule has 0 aliphatic carbocycles. The normalized spacial score (nSPS) is 13.3. The summed E-state index contributed by atoms with van der Waals surface area (Å²) in [5.74, 6) is 1.86. The average Bonchev–Trinajstić information content (AvgIpc) is 2.40. The van der Waals surface area contributed by atoms with Crippen molar-refractivity contribution in [2.45, 2.75) is 59.3 Å². The van der Waals surface area contributed by atoms with E-state index >= 15 is 0 Å². The summed E-state index contributed by atoms with van der Waals surface area (Å²) in [5.41, 5.74) is 1.41. The van der Waals surface area contributed by atoms with Gasteiger partial charge in [0.25, 0.3) is 0 Å². The van der Waals surface area contributed by atoms with E-state index in [1.807, 2.05) is 26.8 Å². The summed E-state index contributed by atoms with van der Waals surface area (Å²) in [6.07, 6.45) is 5.83. The highest BCUT2D eigenvalue weighted by Crippen LogP contribution is 2.37. The van der Waals surface area contributed by atoms with Crippen LogP contribution in [0.3, 0.4) is 0 Å². The summed E-state index contributed by atoms with van der Waals surface area (Å²) in [6, 6.07) is 5.35. The van der Waals surface area contributed by atoms with Crippen LogP contribution in [0, 0.1) is 17.8 Å². The Morgan fingerprint density at radius 1 is 1.26 bits per heavy atom. The molecular formula is C20H28O3. The monoisotopic (exact) mass is 316 g/mol. The highest BCUT2D eigenvalue weighted by Gasteiger charge is 2.29. The molecule has 0 heterocycles. The molecule has 0 saturated carbocycles. The Labute approximate surface area is 140 Å². The number of rotatable bonds is 4. The van der Waals surface area contributed by atoms with Crippen molar-refractivity contribution in [1.82, 2.24) is 0 Å². The number of carbonyl (C=O) groups excluding carboxylic acids is 1. The van der Waals surface area contributed by atoms with Crippen LogP contribution in [0.25, 0.3) is 0 Å². The molecule has 23 heavy (non-hydrogen) atoms. The minimum atomic E-state index is -0.398. The lowest BCUT2D eigenvalue weighted by Crippen LogP contribution is -2.22. The van der Waals surface area contributed by atoms with Crippen LogP contribution >= 0.6 is 0 Å². The van der Waals surface area contributed by atoms with Crippen molar-refractivity contribution in [2.24, 2.45) is 5.41 Å². The van der Waals surface area contributed by atoms with Crippen LogP contribution in [0.5, 0.6) is 5.75 Å². The molecule has 0 aliphatic rings. The molecule has 1 rings (SSSR count). The van der Waals surface area contributed by atoms with Crippen LogP contribution in [0.4, 0.5) is 0 Å². The summed E-state index contributed by atoms with van der Waals surface area (Å²) >= 11 is 0. The van der Waals surface area contributed by atoms with Crippen LogP contribution in [0.15, 0.2) is 18.2 Å². The predicted molar refractivity (Wildman–Crippen MR) is 93.4 cm³/mol. The zero-order valence-corrected chi connectivity index (χ0v) is 15.1. The van der Waals surface area contributed by atoms with E-state index in [2.05, 4.69) is 26.7 Å². The SMILES string of the molecule is C#CCOC(=O)C(CC(C)(C)C)c1ccc(O)c(C(C)(C)C)c1. The molecule has 1 N–H and O–H groups in total. The van der Waals surface area contributed by atoms with E-state index in [-0.39, 0.29) is 29.2 Å². The summed E-state index contributed by atoms with van der Waals surface area (Å²) in [4.78, 5) is 12.4. The third-order valence-electron chi connectivity index (χ3n) is 3.63. The fourth-order valence-electron chi connectivity index (χ4n) is 2.53. The molecule has 126 valence electrons. The maximum absolute atomic E-state index is 12.4. The number of aromatic hydroxyl groups is 1. The van der Waals surface area contributed by atoms with Gasteiger partial charge in [-0.1, -0.05) is 59.6 Å². The Balaban J connectivity index is 3.26. The first-order chi connectivity index (χ1) is 10.5. The lowest BCUT2D eigenvalue weighted by Gasteiger charge is -2.27. The van der Waals surface area contributed by atoms with Crippen molar-refractivity contribution in [1.29, 1.82) is 0 Å². The average molecular weight is 316 g/mol. The number of phenolic OH excluding ortho intramolecular Hbond substituents is 1. The van der Waals surface area contributed by atoms with Crippen molar-refractivity contribution < 1.29 is 14.6 Å². The van der Waals surface area contributed by atoms with E-state index in [0.717, 1.165) is 11.1 Å². The van der Waals surface area contributed by atoms with Gasteiger partial charge in [0.2, 0.25) is 0 Å². The maximum Gasteiger partial charge on any atom is 0.314 e. The van der Waals surface area contributed by atoms with Crippen molar-refractivity contribution >= 4 is 5.97 Å².